The maximum Gasteiger partial charge on any atom is 0.199 e. The summed E-state index contributed by atoms with van der Waals surface area (Å²) in [7, 11) is -0.900. The third kappa shape index (κ3) is 1.31. The first-order valence-corrected chi connectivity index (χ1v) is 5.56. The van der Waals surface area contributed by atoms with Gasteiger partial charge >= 0.3 is 0 Å². The Morgan fingerprint density at radius 1 is 1.75 bits per heavy atom. The minimum Gasteiger partial charge on any atom is -0.321 e. The Labute approximate surface area is 74.3 Å². The van der Waals surface area contributed by atoms with Gasteiger partial charge in [-0.25, -0.2) is 4.98 Å². The molecule has 0 radical (unpaired) electrons. The van der Waals surface area contributed by atoms with Gasteiger partial charge in [0.25, 0.3) is 0 Å². The molecule has 0 amide bonds. The van der Waals surface area contributed by atoms with Crippen molar-refractivity contribution in [3.05, 3.63) is 12.4 Å². The predicted molar refractivity (Wildman–Crippen MR) is 47.4 cm³/mol. The molecule has 0 spiro atoms. The fraction of sp³-hybridized carbons (Fsp3) is 0.625. The summed E-state index contributed by atoms with van der Waals surface area (Å²) in [5, 5.41) is 0.750. The second-order valence-corrected chi connectivity index (χ2v) is 4.62. The van der Waals surface area contributed by atoms with Gasteiger partial charge in [-0.3, -0.25) is 4.21 Å². The van der Waals surface area contributed by atoms with Crippen LogP contribution in [0, 0.1) is 0 Å². The number of nitrogens with zero attached hydrogens (tertiary/aromatic N) is 2. The van der Waals surface area contributed by atoms with Crippen molar-refractivity contribution in [2.24, 2.45) is 0 Å². The highest BCUT2D eigenvalue weighted by atomic mass is 32.2. The zero-order chi connectivity index (χ0) is 8.55. The van der Waals surface area contributed by atoms with Crippen molar-refractivity contribution in [2.75, 3.05) is 5.75 Å². The zero-order valence-electron chi connectivity index (χ0n) is 7.06. The van der Waals surface area contributed by atoms with E-state index in [4.69, 9.17) is 0 Å². The normalized spacial score (nSPS) is 19.4. The molecule has 1 aromatic rings. The van der Waals surface area contributed by atoms with Crippen molar-refractivity contribution >= 4 is 10.8 Å². The lowest BCUT2D eigenvalue weighted by Gasteiger charge is -2.02. The van der Waals surface area contributed by atoms with E-state index in [1.165, 1.54) is 12.8 Å². The number of hydrogen-bond acceptors (Lipinski definition) is 2. The first-order valence-electron chi connectivity index (χ1n) is 4.24. The highest BCUT2D eigenvalue weighted by Crippen LogP contribution is 2.36. The quantitative estimate of drug-likeness (QED) is 0.710. The molecule has 0 bridgehead atoms. The van der Waals surface area contributed by atoms with Crippen LogP contribution in [0.4, 0.5) is 0 Å². The third-order valence-electron chi connectivity index (χ3n) is 2.04. The zero-order valence-corrected chi connectivity index (χ0v) is 7.88. The molecule has 12 heavy (non-hydrogen) atoms. The minimum atomic E-state index is -0.900. The Bertz CT molecular complexity index is 304. The average Bonchev–Trinajstić information content (AvgIpc) is 2.83. The van der Waals surface area contributed by atoms with Crippen LogP contribution in [0.3, 0.4) is 0 Å². The molecule has 1 aromatic heterocycles. The van der Waals surface area contributed by atoms with Crippen LogP contribution in [0.5, 0.6) is 0 Å². The lowest BCUT2D eigenvalue weighted by molar-refractivity contribution is 0.630. The van der Waals surface area contributed by atoms with Crippen molar-refractivity contribution in [1.29, 1.82) is 0 Å². The van der Waals surface area contributed by atoms with Crippen LogP contribution < -0.4 is 0 Å². The Morgan fingerprint density at radius 3 is 3.08 bits per heavy atom. The second kappa shape index (κ2) is 3.01. The highest BCUT2D eigenvalue weighted by molar-refractivity contribution is 7.84. The smallest absolute Gasteiger partial charge is 0.199 e. The molecule has 1 fully saturated rings. The summed E-state index contributed by atoms with van der Waals surface area (Å²) in [6, 6.07) is 0.581. The monoisotopic (exact) mass is 184 g/mol. The number of hydrogen-bond donors (Lipinski definition) is 0. The maximum atomic E-state index is 11.5. The van der Waals surface area contributed by atoms with Crippen molar-refractivity contribution in [1.82, 2.24) is 9.55 Å². The molecule has 66 valence electrons. The second-order valence-electron chi connectivity index (χ2n) is 2.98. The van der Waals surface area contributed by atoms with Crippen molar-refractivity contribution in [3.63, 3.8) is 0 Å². The van der Waals surface area contributed by atoms with E-state index in [-0.39, 0.29) is 0 Å². The molecule has 4 heteroatoms. The summed E-state index contributed by atoms with van der Waals surface area (Å²) in [6.07, 6.45) is 6.09. The van der Waals surface area contributed by atoms with E-state index in [1.54, 1.807) is 6.20 Å². The fourth-order valence-corrected chi connectivity index (χ4v) is 2.12. The molecule has 1 atom stereocenters. The lowest BCUT2D eigenvalue weighted by Crippen LogP contribution is -2.04. The van der Waals surface area contributed by atoms with E-state index in [0.717, 1.165) is 5.16 Å². The maximum absolute atomic E-state index is 11.5. The lowest BCUT2D eigenvalue weighted by atomic mass is 10.7. The SMILES string of the molecule is CCS(=O)c1nccn1C1CC1. The van der Waals surface area contributed by atoms with Gasteiger partial charge in [0, 0.05) is 24.2 Å². The molecule has 2 rings (SSSR count). The van der Waals surface area contributed by atoms with Gasteiger partial charge in [0.15, 0.2) is 5.16 Å². The van der Waals surface area contributed by atoms with Crippen LogP contribution >= 0.6 is 0 Å². The van der Waals surface area contributed by atoms with E-state index >= 15 is 0 Å². The van der Waals surface area contributed by atoms with Crippen LogP contribution in [0.2, 0.25) is 0 Å². The van der Waals surface area contributed by atoms with Crippen LogP contribution in [-0.2, 0) is 10.8 Å². The Balaban J connectivity index is 2.29. The molecule has 1 aliphatic rings. The topological polar surface area (TPSA) is 34.9 Å². The van der Waals surface area contributed by atoms with Crippen molar-refractivity contribution < 1.29 is 4.21 Å². The molecule has 1 unspecified atom stereocenters. The van der Waals surface area contributed by atoms with Gasteiger partial charge in [0.2, 0.25) is 0 Å². The number of imidazole rings is 1. The Kier molecular flexibility index (Phi) is 2.00. The highest BCUT2D eigenvalue weighted by Gasteiger charge is 2.26. The van der Waals surface area contributed by atoms with E-state index in [2.05, 4.69) is 9.55 Å². The Hall–Kier alpha value is -0.640. The van der Waals surface area contributed by atoms with Crippen molar-refractivity contribution in [3.8, 4) is 0 Å². The molecule has 1 saturated carbocycles. The van der Waals surface area contributed by atoms with Crippen LogP contribution in [-0.4, -0.2) is 19.5 Å². The summed E-state index contributed by atoms with van der Waals surface area (Å²) >= 11 is 0. The summed E-state index contributed by atoms with van der Waals surface area (Å²) in [5.74, 6) is 0.656. The third-order valence-corrected chi connectivity index (χ3v) is 3.29. The molecule has 0 aromatic carbocycles. The van der Waals surface area contributed by atoms with Gasteiger partial charge in [0.05, 0.1) is 10.8 Å². The van der Waals surface area contributed by atoms with Crippen LogP contribution in [0.15, 0.2) is 17.6 Å². The fourth-order valence-electron chi connectivity index (χ4n) is 1.24. The van der Waals surface area contributed by atoms with Crippen molar-refractivity contribution in [2.45, 2.75) is 31.0 Å². The van der Waals surface area contributed by atoms with Gasteiger partial charge in [0.1, 0.15) is 0 Å². The number of rotatable bonds is 3. The molecule has 0 saturated heterocycles. The molecule has 0 aliphatic heterocycles. The molecule has 0 N–H and O–H groups in total. The molecule has 3 nitrogen and oxygen atoms in total. The standard InChI is InChI=1S/C8H12N2OS/c1-2-12(11)8-9-5-6-10(8)7-3-4-7/h5-7H,2-4H2,1H3. The predicted octanol–water partition coefficient (Wildman–Crippen LogP) is 1.35. The van der Waals surface area contributed by atoms with E-state index < -0.39 is 10.8 Å². The minimum absolute atomic E-state index is 0.581. The van der Waals surface area contributed by atoms with Gasteiger partial charge in [-0.2, -0.15) is 0 Å². The number of aromatic nitrogens is 2. The van der Waals surface area contributed by atoms with Crippen LogP contribution in [0.25, 0.3) is 0 Å². The molecule has 1 aliphatic carbocycles. The molecule has 1 heterocycles. The van der Waals surface area contributed by atoms with Crippen LogP contribution in [0.1, 0.15) is 25.8 Å². The summed E-state index contributed by atoms with van der Waals surface area (Å²) in [6.45, 7) is 1.92. The first kappa shape index (κ1) is 7.98. The van der Waals surface area contributed by atoms with Gasteiger partial charge in [-0.1, -0.05) is 6.92 Å². The molecular formula is C8H12N2OS. The van der Waals surface area contributed by atoms with Gasteiger partial charge < -0.3 is 4.57 Å². The van der Waals surface area contributed by atoms with Gasteiger partial charge in [-0.15, -0.1) is 0 Å². The van der Waals surface area contributed by atoms with Gasteiger partial charge in [-0.05, 0) is 12.8 Å². The summed E-state index contributed by atoms with van der Waals surface area (Å²) < 4.78 is 13.5. The Morgan fingerprint density at radius 2 is 2.50 bits per heavy atom. The van der Waals surface area contributed by atoms with E-state index in [9.17, 15) is 4.21 Å². The first-order chi connectivity index (χ1) is 5.83. The summed E-state index contributed by atoms with van der Waals surface area (Å²) in [4.78, 5) is 4.11. The molecular weight excluding hydrogens is 172 g/mol. The average molecular weight is 184 g/mol. The van der Waals surface area contributed by atoms with E-state index in [1.807, 2.05) is 13.1 Å². The van der Waals surface area contributed by atoms with E-state index in [0.29, 0.717) is 11.8 Å². The largest absolute Gasteiger partial charge is 0.321 e. The summed E-state index contributed by atoms with van der Waals surface area (Å²) in [5.41, 5.74) is 0.